The summed E-state index contributed by atoms with van der Waals surface area (Å²) in [4.78, 5) is 25.8. The van der Waals surface area contributed by atoms with Gasteiger partial charge in [-0.3, -0.25) is 9.59 Å². The van der Waals surface area contributed by atoms with Gasteiger partial charge in [-0.05, 0) is 75.8 Å². The molecule has 4 bridgehead atoms. The van der Waals surface area contributed by atoms with Crippen LogP contribution in [0.15, 0.2) is 24.3 Å². The van der Waals surface area contributed by atoms with Crippen LogP contribution < -0.4 is 10.6 Å². The number of rotatable bonds is 5. The number of anilines is 1. The second-order valence-corrected chi connectivity index (χ2v) is 9.98. The summed E-state index contributed by atoms with van der Waals surface area (Å²) in [5.74, 6) is 1.04. The molecule has 5 rings (SSSR count). The van der Waals surface area contributed by atoms with E-state index in [1.54, 1.807) is 6.07 Å². The van der Waals surface area contributed by atoms with E-state index in [-0.39, 0.29) is 28.1 Å². The Morgan fingerprint density at radius 3 is 2.48 bits per heavy atom. The topological polar surface area (TPSA) is 58.2 Å². The fourth-order valence-corrected chi connectivity index (χ4v) is 6.56. The van der Waals surface area contributed by atoms with Crippen LogP contribution >= 0.6 is 11.6 Å². The number of carbonyl (C=O) groups is 2. The van der Waals surface area contributed by atoms with E-state index in [4.69, 9.17) is 11.6 Å². The van der Waals surface area contributed by atoms with E-state index in [1.807, 2.05) is 32.0 Å². The molecule has 2 amide bonds. The molecule has 5 heteroatoms. The standard InChI is InChI=1S/C22H29ClN2O2/c1-3-14(2)24-19(26)17-6-4-5-7-18(17)25-20(27)21-9-15-8-16(10-21)12-22(23,11-15)13-21/h4-7,14-16H,3,8-13H2,1-2H3,(H,24,26)(H,25,27). The number of halogens is 1. The van der Waals surface area contributed by atoms with Gasteiger partial charge in [-0.2, -0.15) is 0 Å². The van der Waals surface area contributed by atoms with Crippen molar-refractivity contribution in [2.24, 2.45) is 17.3 Å². The van der Waals surface area contributed by atoms with Crippen LogP contribution in [0.5, 0.6) is 0 Å². The highest BCUT2D eigenvalue weighted by atomic mass is 35.5. The average molecular weight is 389 g/mol. The first-order chi connectivity index (χ1) is 12.8. The zero-order valence-corrected chi connectivity index (χ0v) is 16.9. The second-order valence-electron chi connectivity index (χ2n) is 9.17. The van der Waals surface area contributed by atoms with E-state index < -0.39 is 0 Å². The van der Waals surface area contributed by atoms with Crippen LogP contribution in [0.2, 0.25) is 0 Å². The highest BCUT2D eigenvalue weighted by Gasteiger charge is 2.60. The molecular weight excluding hydrogens is 360 g/mol. The summed E-state index contributed by atoms with van der Waals surface area (Å²) in [5.41, 5.74) is 0.755. The quantitative estimate of drug-likeness (QED) is 0.716. The monoisotopic (exact) mass is 388 g/mol. The Labute approximate surface area is 166 Å². The molecule has 0 spiro atoms. The second kappa shape index (κ2) is 6.80. The van der Waals surface area contributed by atoms with Crippen LogP contribution in [0.25, 0.3) is 0 Å². The molecule has 0 saturated heterocycles. The van der Waals surface area contributed by atoms with Crippen molar-refractivity contribution in [2.75, 3.05) is 5.32 Å². The summed E-state index contributed by atoms with van der Waals surface area (Å²) >= 11 is 6.88. The van der Waals surface area contributed by atoms with Gasteiger partial charge in [-0.15, -0.1) is 11.6 Å². The zero-order valence-electron chi connectivity index (χ0n) is 16.2. The third kappa shape index (κ3) is 3.49. The number of nitrogens with one attached hydrogen (secondary N) is 2. The molecule has 0 heterocycles. The Kier molecular flexibility index (Phi) is 4.74. The molecule has 2 N–H and O–H groups in total. The number of amides is 2. The minimum atomic E-state index is -0.369. The molecule has 4 aliphatic carbocycles. The molecule has 3 unspecified atom stereocenters. The van der Waals surface area contributed by atoms with Crippen LogP contribution in [-0.4, -0.2) is 22.7 Å². The van der Waals surface area contributed by atoms with E-state index in [0.29, 0.717) is 23.1 Å². The fraction of sp³-hybridized carbons (Fsp3) is 0.636. The summed E-state index contributed by atoms with van der Waals surface area (Å²) < 4.78 is 0. The maximum absolute atomic E-state index is 13.4. The number of benzene rings is 1. The number of para-hydroxylation sites is 1. The molecule has 0 aromatic heterocycles. The minimum Gasteiger partial charge on any atom is -0.350 e. The van der Waals surface area contributed by atoms with Gasteiger partial charge in [-0.25, -0.2) is 0 Å². The van der Waals surface area contributed by atoms with E-state index >= 15 is 0 Å². The number of hydrogen-bond donors (Lipinski definition) is 2. The van der Waals surface area contributed by atoms with Gasteiger partial charge in [0.05, 0.1) is 16.7 Å². The van der Waals surface area contributed by atoms with Crippen LogP contribution in [0.1, 0.15) is 69.2 Å². The van der Waals surface area contributed by atoms with E-state index in [9.17, 15) is 9.59 Å². The summed E-state index contributed by atoms with van der Waals surface area (Å²) in [6, 6.07) is 7.38. The third-order valence-corrected chi connectivity index (χ3v) is 7.32. The lowest BCUT2D eigenvalue weighted by Gasteiger charge is -2.59. The average Bonchev–Trinajstić information content (AvgIpc) is 2.59. The number of carbonyl (C=O) groups excluding carboxylic acids is 2. The normalized spacial score (nSPS) is 34.9. The number of alkyl halides is 1. The van der Waals surface area contributed by atoms with Crippen LogP contribution in [0.4, 0.5) is 5.69 Å². The molecule has 146 valence electrons. The van der Waals surface area contributed by atoms with Crippen molar-refractivity contribution in [1.29, 1.82) is 0 Å². The minimum absolute atomic E-state index is 0.0467. The van der Waals surface area contributed by atoms with Gasteiger partial charge in [0.1, 0.15) is 0 Å². The lowest BCUT2D eigenvalue weighted by molar-refractivity contribution is -0.138. The largest absolute Gasteiger partial charge is 0.350 e. The molecule has 0 aliphatic heterocycles. The molecular formula is C22H29ClN2O2. The Morgan fingerprint density at radius 2 is 1.85 bits per heavy atom. The van der Waals surface area contributed by atoms with Gasteiger partial charge >= 0.3 is 0 Å². The molecule has 3 atom stereocenters. The van der Waals surface area contributed by atoms with Gasteiger partial charge in [0.15, 0.2) is 0 Å². The first-order valence-corrected chi connectivity index (χ1v) is 10.6. The molecule has 1 aromatic rings. The van der Waals surface area contributed by atoms with E-state index in [0.717, 1.165) is 38.5 Å². The van der Waals surface area contributed by atoms with Gasteiger partial charge in [-0.1, -0.05) is 19.1 Å². The Bertz CT molecular complexity index is 748. The predicted octanol–water partition coefficient (Wildman–Crippen LogP) is 4.73. The van der Waals surface area contributed by atoms with Crippen molar-refractivity contribution in [2.45, 2.75) is 69.7 Å². The zero-order chi connectivity index (χ0) is 19.2. The molecule has 0 radical (unpaired) electrons. The highest BCUT2D eigenvalue weighted by Crippen LogP contribution is 2.64. The maximum Gasteiger partial charge on any atom is 0.253 e. The molecule has 4 aliphatic rings. The van der Waals surface area contributed by atoms with Crippen molar-refractivity contribution in [3.63, 3.8) is 0 Å². The van der Waals surface area contributed by atoms with Gasteiger partial charge in [0, 0.05) is 10.9 Å². The molecule has 4 nitrogen and oxygen atoms in total. The van der Waals surface area contributed by atoms with Crippen LogP contribution in [0.3, 0.4) is 0 Å². The third-order valence-electron chi connectivity index (χ3n) is 6.88. The van der Waals surface area contributed by atoms with Gasteiger partial charge in [0.25, 0.3) is 5.91 Å². The lowest BCUT2D eigenvalue weighted by Crippen LogP contribution is -2.57. The molecule has 27 heavy (non-hydrogen) atoms. The Hall–Kier alpha value is -1.55. The fourth-order valence-electron chi connectivity index (χ4n) is 5.87. The maximum atomic E-state index is 13.4. The summed E-state index contributed by atoms with van der Waals surface area (Å²) in [6.07, 6.45) is 6.82. The predicted molar refractivity (Wildman–Crippen MR) is 108 cm³/mol. The Morgan fingerprint density at radius 1 is 1.19 bits per heavy atom. The van der Waals surface area contributed by atoms with Crippen molar-refractivity contribution in [3.05, 3.63) is 29.8 Å². The van der Waals surface area contributed by atoms with Crippen molar-refractivity contribution in [1.82, 2.24) is 5.32 Å². The van der Waals surface area contributed by atoms with Gasteiger partial charge < -0.3 is 10.6 Å². The number of hydrogen-bond acceptors (Lipinski definition) is 2. The van der Waals surface area contributed by atoms with E-state index in [2.05, 4.69) is 10.6 Å². The highest BCUT2D eigenvalue weighted by molar-refractivity contribution is 6.24. The molecule has 4 saturated carbocycles. The smallest absolute Gasteiger partial charge is 0.253 e. The molecule has 4 fully saturated rings. The van der Waals surface area contributed by atoms with E-state index in [1.165, 1.54) is 6.42 Å². The first-order valence-electron chi connectivity index (χ1n) is 10.2. The SMILES string of the molecule is CCC(C)NC(=O)c1ccccc1NC(=O)C12CC3CC(CC(Cl)(C3)C1)C2. The lowest BCUT2D eigenvalue weighted by atomic mass is 9.49. The first kappa shape index (κ1) is 18.8. The Balaban J connectivity index is 1.55. The van der Waals surface area contributed by atoms with Crippen LogP contribution in [0, 0.1) is 17.3 Å². The summed E-state index contributed by atoms with van der Waals surface area (Å²) in [7, 11) is 0. The van der Waals surface area contributed by atoms with Crippen molar-refractivity contribution in [3.8, 4) is 0 Å². The van der Waals surface area contributed by atoms with Gasteiger partial charge in [0.2, 0.25) is 5.91 Å². The summed E-state index contributed by atoms with van der Waals surface area (Å²) in [6.45, 7) is 4.02. The summed E-state index contributed by atoms with van der Waals surface area (Å²) in [5, 5.41) is 6.09. The van der Waals surface area contributed by atoms with Crippen molar-refractivity contribution >= 4 is 29.1 Å². The van der Waals surface area contributed by atoms with Crippen molar-refractivity contribution < 1.29 is 9.59 Å². The molecule has 1 aromatic carbocycles. The van der Waals surface area contributed by atoms with Crippen LogP contribution in [-0.2, 0) is 4.79 Å².